The summed E-state index contributed by atoms with van der Waals surface area (Å²) in [6, 6.07) is -1.23. The van der Waals surface area contributed by atoms with Crippen molar-refractivity contribution in [2.75, 3.05) is 39.5 Å². The van der Waals surface area contributed by atoms with Crippen molar-refractivity contribution in [2.45, 2.75) is 38.5 Å². The van der Waals surface area contributed by atoms with Crippen molar-refractivity contribution in [3.63, 3.8) is 0 Å². The maximum atomic E-state index is 11.7. The van der Waals surface area contributed by atoms with E-state index in [1.165, 1.54) is 4.90 Å². The van der Waals surface area contributed by atoms with Gasteiger partial charge >= 0.3 is 12.1 Å². The molecule has 2 saturated heterocycles. The van der Waals surface area contributed by atoms with Gasteiger partial charge in [-0.25, -0.2) is 9.59 Å². The van der Waals surface area contributed by atoms with Crippen LogP contribution in [-0.2, 0) is 23.8 Å². The lowest BCUT2D eigenvalue weighted by atomic mass is 10.2. The van der Waals surface area contributed by atoms with Crippen LogP contribution in [0.1, 0.15) is 20.8 Å². The molecule has 10 heteroatoms. The Balaban J connectivity index is 0.000000293. The lowest BCUT2D eigenvalue weighted by molar-refractivity contribution is -0.149. The van der Waals surface area contributed by atoms with E-state index in [-0.39, 0.29) is 25.1 Å². The van der Waals surface area contributed by atoms with Crippen LogP contribution in [0, 0.1) is 0 Å². The highest BCUT2D eigenvalue weighted by atomic mass is 16.6. The summed E-state index contributed by atoms with van der Waals surface area (Å²) >= 11 is 0. The van der Waals surface area contributed by atoms with Crippen LogP contribution in [-0.4, -0.2) is 85.2 Å². The summed E-state index contributed by atoms with van der Waals surface area (Å²) < 4.78 is 15.1. The van der Waals surface area contributed by atoms with Crippen LogP contribution in [0.25, 0.3) is 0 Å². The number of carbonyl (C=O) groups excluding carboxylic acids is 2. The van der Waals surface area contributed by atoms with Crippen molar-refractivity contribution in [3.8, 4) is 0 Å². The number of nitrogens with two attached hydrogens (primary N) is 1. The second-order valence-electron chi connectivity index (χ2n) is 6.59. The topological polar surface area (TPSA) is 140 Å². The Hall–Kier alpha value is -1.91. The number of nitrogens with zero attached hydrogens (tertiary/aromatic N) is 1. The minimum atomic E-state index is -1.08. The molecule has 0 radical (unpaired) electrons. The molecule has 144 valence electrons. The van der Waals surface area contributed by atoms with Crippen molar-refractivity contribution in [2.24, 2.45) is 5.73 Å². The Bertz CT molecular complexity index is 472. The monoisotopic (exact) mass is 361 g/mol. The lowest BCUT2D eigenvalue weighted by Gasteiger charge is -2.34. The number of carboxylic acid groups (broad SMARTS) is 1. The lowest BCUT2D eigenvalue weighted by Crippen LogP contribution is -2.53. The molecule has 25 heavy (non-hydrogen) atoms. The molecule has 10 nitrogen and oxygen atoms in total. The van der Waals surface area contributed by atoms with E-state index in [2.05, 4.69) is 5.32 Å². The molecule has 0 aromatic rings. The number of nitrogens with one attached hydrogen (secondary N) is 1. The summed E-state index contributed by atoms with van der Waals surface area (Å²) in [6.45, 7) is 7.60. The molecule has 2 amide bonds. The Labute approximate surface area is 146 Å². The van der Waals surface area contributed by atoms with E-state index in [4.69, 9.17) is 25.1 Å². The predicted octanol–water partition coefficient (Wildman–Crippen LogP) is -0.833. The molecular formula is C15H27N3O7. The molecule has 2 heterocycles. The summed E-state index contributed by atoms with van der Waals surface area (Å²) in [7, 11) is 0. The second kappa shape index (κ2) is 9.54. The third kappa shape index (κ3) is 7.67. The number of carboxylic acids is 1. The normalized spacial score (nSPS) is 23.9. The van der Waals surface area contributed by atoms with Gasteiger partial charge in [0.15, 0.2) is 6.04 Å². The highest BCUT2D eigenvalue weighted by Gasteiger charge is 2.35. The molecule has 0 aromatic heterocycles. The van der Waals surface area contributed by atoms with Gasteiger partial charge in [-0.05, 0) is 20.8 Å². The fourth-order valence-electron chi connectivity index (χ4n) is 2.10. The van der Waals surface area contributed by atoms with Gasteiger partial charge in [-0.3, -0.25) is 9.69 Å². The Kier molecular flexibility index (Phi) is 8.07. The van der Waals surface area contributed by atoms with E-state index in [1.54, 1.807) is 20.8 Å². The van der Waals surface area contributed by atoms with E-state index < -0.39 is 23.7 Å². The Morgan fingerprint density at radius 2 is 1.84 bits per heavy atom. The average Bonchev–Trinajstić information content (AvgIpc) is 2.54. The number of primary amides is 1. The van der Waals surface area contributed by atoms with E-state index >= 15 is 0 Å². The molecule has 2 aliphatic rings. The second-order valence-corrected chi connectivity index (χ2v) is 6.59. The molecule has 4 N–H and O–H groups in total. The number of morpholine rings is 2. The van der Waals surface area contributed by atoms with Gasteiger partial charge < -0.3 is 30.4 Å². The average molecular weight is 361 g/mol. The van der Waals surface area contributed by atoms with Gasteiger partial charge in [0.05, 0.1) is 26.4 Å². The van der Waals surface area contributed by atoms with Crippen LogP contribution in [0.5, 0.6) is 0 Å². The number of rotatable bonds is 2. The van der Waals surface area contributed by atoms with Crippen LogP contribution in [0.3, 0.4) is 0 Å². The number of aliphatic carboxylic acids is 1. The summed E-state index contributed by atoms with van der Waals surface area (Å²) in [5.41, 5.74) is 4.36. The zero-order chi connectivity index (χ0) is 19.0. The zero-order valence-corrected chi connectivity index (χ0v) is 14.8. The van der Waals surface area contributed by atoms with E-state index in [0.29, 0.717) is 26.4 Å². The van der Waals surface area contributed by atoms with Gasteiger partial charge in [-0.1, -0.05) is 0 Å². The molecule has 2 rings (SSSR count). The first-order valence-corrected chi connectivity index (χ1v) is 8.02. The quantitative estimate of drug-likeness (QED) is 0.579. The van der Waals surface area contributed by atoms with Crippen molar-refractivity contribution < 1.29 is 33.7 Å². The van der Waals surface area contributed by atoms with Gasteiger partial charge in [-0.15, -0.1) is 0 Å². The predicted molar refractivity (Wildman–Crippen MR) is 87.0 cm³/mol. The molecule has 0 saturated carbocycles. The number of carbonyl (C=O) groups is 3. The Morgan fingerprint density at radius 1 is 1.20 bits per heavy atom. The molecule has 0 spiro atoms. The number of hydrogen-bond acceptors (Lipinski definition) is 7. The fraction of sp³-hybridized carbons (Fsp3) is 0.800. The van der Waals surface area contributed by atoms with Crippen LogP contribution >= 0.6 is 0 Å². The first-order valence-electron chi connectivity index (χ1n) is 8.02. The van der Waals surface area contributed by atoms with Gasteiger partial charge in [0.1, 0.15) is 11.6 Å². The first kappa shape index (κ1) is 21.1. The van der Waals surface area contributed by atoms with Crippen molar-refractivity contribution in [1.82, 2.24) is 10.2 Å². The SMILES string of the molecule is CC(C)(C)OC(=O)N1CCOCC1C(=O)O.NC(=O)C1COCCN1. The van der Waals surface area contributed by atoms with Gasteiger partial charge in [0.2, 0.25) is 5.91 Å². The van der Waals surface area contributed by atoms with Crippen LogP contribution in [0.15, 0.2) is 0 Å². The van der Waals surface area contributed by atoms with Gasteiger partial charge in [0.25, 0.3) is 0 Å². The van der Waals surface area contributed by atoms with E-state index in [9.17, 15) is 14.4 Å². The molecule has 0 aliphatic carbocycles. The highest BCUT2D eigenvalue weighted by Crippen LogP contribution is 2.14. The largest absolute Gasteiger partial charge is 0.480 e. The van der Waals surface area contributed by atoms with Crippen molar-refractivity contribution >= 4 is 18.0 Å². The minimum Gasteiger partial charge on any atom is -0.480 e. The van der Waals surface area contributed by atoms with E-state index in [1.807, 2.05) is 0 Å². The summed E-state index contributed by atoms with van der Waals surface area (Å²) in [4.78, 5) is 34.2. The minimum absolute atomic E-state index is 0.00851. The van der Waals surface area contributed by atoms with Crippen molar-refractivity contribution in [1.29, 1.82) is 0 Å². The van der Waals surface area contributed by atoms with E-state index in [0.717, 1.165) is 0 Å². The molecule has 2 atom stereocenters. The molecule has 2 unspecified atom stereocenters. The van der Waals surface area contributed by atoms with Crippen LogP contribution < -0.4 is 11.1 Å². The van der Waals surface area contributed by atoms with Crippen molar-refractivity contribution in [3.05, 3.63) is 0 Å². The summed E-state index contributed by atoms with van der Waals surface area (Å²) in [6.07, 6.45) is -0.608. The molecule has 0 bridgehead atoms. The molecule has 2 aliphatic heterocycles. The first-order chi connectivity index (χ1) is 11.6. The highest BCUT2D eigenvalue weighted by molar-refractivity contribution is 5.80. The summed E-state index contributed by atoms with van der Waals surface area (Å²) in [5, 5.41) is 11.8. The Morgan fingerprint density at radius 3 is 2.28 bits per heavy atom. The maximum Gasteiger partial charge on any atom is 0.411 e. The molecule has 0 aromatic carbocycles. The van der Waals surface area contributed by atoms with Crippen LogP contribution in [0.2, 0.25) is 0 Å². The fourth-order valence-corrected chi connectivity index (χ4v) is 2.10. The van der Waals surface area contributed by atoms with Crippen LogP contribution in [0.4, 0.5) is 4.79 Å². The smallest absolute Gasteiger partial charge is 0.411 e. The summed E-state index contributed by atoms with van der Waals surface area (Å²) in [5.74, 6) is -1.42. The zero-order valence-electron chi connectivity index (χ0n) is 14.8. The molecule has 2 fully saturated rings. The number of hydrogen-bond donors (Lipinski definition) is 3. The molecular weight excluding hydrogens is 334 g/mol. The third-order valence-corrected chi connectivity index (χ3v) is 3.31. The third-order valence-electron chi connectivity index (χ3n) is 3.31. The standard InChI is InChI=1S/C10H17NO5.C5H10N2O2/c1-10(2,3)16-9(14)11-4-5-15-6-7(11)8(12)13;6-5(8)4-3-9-2-1-7-4/h7H,4-6H2,1-3H3,(H,12,13);4,7H,1-3H2,(H2,6,8). The van der Waals surface area contributed by atoms with Gasteiger partial charge in [-0.2, -0.15) is 0 Å². The maximum absolute atomic E-state index is 11.7. The number of ether oxygens (including phenoxy) is 3. The van der Waals surface area contributed by atoms with Gasteiger partial charge in [0, 0.05) is 13.1 Å². The number of amides is 2.